The van der Waals surface area contributed by atoms with Crippen LogP contribution in [0.4, 0.5) is 0 Å². The lowest BCUT2D eigenvalue weighted by Gasteiger charge is -2.13. The van der Waals surface area contributed by atoms with Crippen LogP contribution in [0.3, 0.4) is 0 Å². The second-order valence-corrected chi connectivity index (χ2v) is 7.54. The Hall–Kier alpha value is -0.640. The number of benzene rings is 1. The van der Waals surface area contributed by atoms with Gasteiger partial charge in [0.2, 0.25) is 10.0 Å². The molecule has 0 aliphatic carbocycles. The highest BCUT2D eigenvalue weighted by molar-refractivity contribution is 9.11. The molecule has 20 heavy (non-hydrogen) atoms. The average Bonchev–Trinajstić information content (AvgIpc) is 2.25. The molecule has 0 saturated heterocycles. The van der Waals surface area contributed by atoms with Gasteiger partial charge in [-0.25, -0.2) is 13.6 Å². The lowest BCUT2D eigenvalue weighted by Crippen LogP contribution is -2.34. The number of halogens is 2. The Balaban J connectivity index is 2.90. The highest BCUT2D eigenvalue weighted by atomic mass is 79.9. The van der Waals surface area contributed by atoms with Gasteiger partial charge in [-0.15, -0.1) is 0 Å². The maximum atomic E-state index is 11.5. The second kappa shape index (κ2) is 6.88. The van der Waals surface area contributed by atoms with Crippen LogP contribution in [0.5, 0.6) is 5.75 Å². The van der Waals surface area contributed by atoms with Crippen LogP contribution in [0, 0.1) is 0 Å². The minimum absolute atomic E-state index is 0.0164. The van der Waals surface area contributed by atoms with Gasteiger partial charge in [-0.1, -0.05) is 0 Å². The Morgan fingerprint density at radius 1 is 1.35 bits per heavy atom. The van der Waals surface area contributed by atoms with E-state index in [2.05, 4.69) is 37.2 Å². The number of ether oxygens (including phenoxy) is 1. The smallest absolute Gasteiger partial charge is 0.258 e. The van der Waals surface area contributed by atoms with E-state index in [0.717, 1.165) is 0 Å². The van der Waals surface area contributed by atoms with Crippen molar-refractivity contribution in [2.24, 2.45) is 5.14 Å². The molecule has 0 aliphatic rings. The molecule has 3 N–H and O–H groups in total. The van der Waals surface area contributed by atoms with Crippen LogP contribution < -0.4 is 15.2 Å². The number of hydrogen-bond acceptors (Lipinski definition) is 4. The molecule has 0 fully saturated rings. The molecule has 0 aliphatic heterocycles. The van der Waals surface area contributed by atoms with E-state index < -0.39 is 10.0 Å². The van der Waals surface area contributed by atoms with Crippen molar-refractivity contribution in [3.8, 4) is 5.75 Å². The van der Waals surface area contributed by atoms with Crippen molar-refractivity contribution in [3.05, 3.63) is 21.1 Å². The van der Waals surface area contributed by atoms with Gasteiger partial charge in [-0.2, -0.15) is 0 Å². The van der Waals surface area contributed by atoms with E-state index in [-0.39, 0.29) is 23.5 Å². The predicted octanol–water partition coefficient (Wildman–Crippen LogP) is 1.76. The number of hydrogen-bond donors (Lipinski definition) is 2. The molecule has 1 amide bonds. The first-order valence-electron chi connectivity index (χ1n) is 5.55. The molecule has 0 unspecified atom stereocenters. The molecule has 9 heteroatoms. The molecule has 0 aromatic heterocycles. The van der Waals surface area contributed by atoms with Gasteiger partial charge >= 0.3 is 0 Å². The van der Waals surface area contributed by atoms with Crippen LogP contribution in [0.2, 0.25) is 0 Å². The third kappa shape index (κ3) is 5.04. The van der Waals surface area contributed by atoms with Crippen molar-refractivity contribution in [1.82, 2.24) is 5.32 Å². The normalized spacial score (nSPS) is 11.5. The van der Waals surface area contributed by atoms with Gasteiger partial charge in [0, 0.05) is 6.04 Å². The number of primary sulfonamides is 1. The zero-order valence-electron chi connectivity index (χ0n) is 10.8. The summed E-state index contributed by atoms with van der Waals surface area (Å²) in [6.45, 7) is 3.50. The number of carbonyl (C=O) groups excluding carboxylic acids is 1. The molecule has 0 heterocycles. The molecule has 1 aromatic rings. The van der Waals surface area contributed by atoms with Crippen LogP contribution in [-0.4, -0.2) is 27.0 Å². The summed E-state index contributed by atoms with van der Waals surface area (Å²) < 4.78 is 28.7. The van der Waals surface area contributed by atoms with Crippen LogP contribution in [0.25, 0.3) is 0 Å². The summed E-state index contributed by atoms with van der Waals surface area (Å²) in [4.78, 5) is 11.4. The Bertz CT molecular complexity index is 594. The van der Waals surface area contributed by atoms with E-state index in [4.69, 9.17) is 9.88 Å². The number of amides is 1. The van der Waals surface area contributed by atoms with Crippen molar-refractivity contribution in [2.75, 3.05) is 6.61 Å². The summed E-state index contributed by atoms with van der Waals surface area (Å²) >= 11 is 6.37. The first kappa shape index (κ1) is 17.4. The van der Waals surface area contributed by atoms with Crippen molar-refractivity contribution in [2.45, 2.75) is 24.8 Å². The lowest BCUT2D eigenvalue weighted by molar-refractivity contribution is -0.123. The number of rotatable bonds is 5. The second-order valence-electron chi connectivity index (χ2n) is 4.27. The largest absolute Gasteiger partial charge is 0.481 e. The van der Waals surface area contributed by atoms with Crippen molar-refractivity contribution in [1.29, 1.82) is 0 Å². The van der Waals surface area contributed by atoms with Gasteiger partial charge in [-0.05, 0) is 57.8 Å². The fourth-order valence-corrected chi connectivity index (χ4v) is 3.62. The lowest BCUT2D eigenvalue weighted by atomic mass is 10.3. The molecular formula is C11H14Br2N2O4S. The third-order valence-corrected chi connectivity index (χ3v) is 4.17. The molecule has 6 nitrogen and oxygen atoms in total. The van der Waals surface area contributed by atoms with Gasteiger partial charge in [0.25, 0.3) is 5.91 Å². The van der Waals surface area contributed by atoms with Crippen LogP contribution in [0.1, 0.15) is 13.8 Å². The minimum atomic E-state index is -3.81. The van der Waals surface area contributed by atoms with Gasteiger partial charge in [0.1, 0.15) is 5.75 Å². The van der Waals surface area contributed by atoms with E-state index in [9.17, 15) is 13.2 Å². The Kier molecular flexibility index (Phi) is 5.99. The summed E-state index contributed by atoms with van der Waals surface area (Å²) in [7, 11) is -3.81. The van der Waals surface area contributed by atoms with Gasteiger partial charge in [-0.3, -0.25) is 4.79 Å². The quantitative estimate of drug-likeness (QED) is 0.744. The average molecular weight is 430 g/mol. The molecule has 1 aromatic carbocycles. The third-order valence-electron chi connectivity index (χ3n) is 2.10. The summed E-state index contributed by atoms with van der Waals surface area (Å²) in [6.07, 6.45) is 0. The highest BCUT2D eigenvalue weighted by Gasteiger charge is 2.16. The SMILES string of the molecule is CC(C)NC(=O)COc1c(Br)cc(S(N)(=O)=O)cc1Br. The Labute approximate surface area is 134 Å². The Morgan fingerprint density at radius 3 is 2.25 bits per heavy atom. The maximum Gasteiger partial charge on any atom is 0.258 e. The minimum Gasteiger partial charge on any atom is -0.481 e. The van der Waals surface area contributed by atoms with Gasteiger partial charge in [0.05, 0.1) is 13.8 Å². The van der Waals surface area contributed by atoms with Crippen molar-refractivity contribution >= 4 is 47.8 Å². The zero-order chi connectivity index (χ0) is 15.5. The predicted molar refractivity (Wildman–Crippen MR) is 82.0 cm³/mol. The van der Waals surface area contributed by atoms with Crippen LogP contribution in [0.15, 0.2) is 26.0 Å². The molecule has 0 atom stereocenters. The van der Waals surface area contributed by atoms with E-state index in [1.807, 2.05) is 13.8 Å². The molecule has 1 rings (SSSR count). The number of nitrogens with one attached hydrogen (secondary N) is 1. The fourth-order valence-electron chi connectivity index (χ4n) is 1.34. The monoisotopic (exact) mass is 428 g/mol. The summed E-state index contributed by atoms with van der Waals surface area (Å²) in [5.41, 5.74) is 0. The van der Waals surface area contributed by atoms with E-state index in [1.54, 1.807) is 0 Å². The molecular weight excluding hydrogens is 416 g/mol. The van der Waals surface area contributed by atoms with Crippen molar-refractivity contribution < 1.29 is 17.9 Å². The van der Waals surface area contributed by atoms with Crippen LogP contribution in [-0.2, 0) is 14.8 Å². The first-order chi connectivity index (χ1) is 9.11. The summed E-state index contributed by atoms with van der Waals surface area (Å²) in [5, 5.41) is 7.72. The van der Waals surface area contributed by atoms with E-state index in [1.165, 1.54) is 12.1 Å². The number of sulfonamides is 1. The maximum absolute atomic E-state index is 11.5. The summed E-state index contributed by atoms with van der Waals surface area (Å²) in [6, 6.07) is 2.65. The Morgan fingerprint density at radius 2 is 1.85 bits per heavy atom. The van der Waals surface area contributed by atoms with Crippen molar-refractivity contribution in [3.63, 3.8) is 0 Å². The molecule has 0 bridgehead atoms. The van der Waals surface area contributed by atoms with E-state index in [0.29, 0.717) is 14.7 Å². The number of carbonyl (C=O) groups is 1. The van der Waals surface area contributed by atoms with E-state index >= 15 is 0 Å². The van der Waals surface area contributed by atoms with Gasteiger partial charge < -0.3 is 10.1 Å². The molecule has 0 spiro atoms. The standard InChI is InChI=1S/C11H14Br2N2O4S/c1-6(2)15-10(16)5-19-11-8(12)3-7(4-9(11)13)20(14,17)18/h3-4,6H,5H2,1-2H3,(H,15,16)(H2,14,17,18). The molecule has 0 saturated carbocycles. The number of nitrogens with two attached hydrogens (primary N) is 1. The summed E-state index contributed by atoms with van der Waals surface area (Å²) in [5.74, 6) is 0.0608. The molecule has 0 radical (unpaired) electrons. The van der Waals surface area contributed by atoms with Gasteiger partial charge in [0.15, 0.2) is 6.61 Å². The highest BCUT2D eigenvalue weighted by Crippen LogP contribution is 2.35. The topological polar surface area (TPSA) is 98.5 Å². The zero-order valence-corrected chi connectivity index (χ0v) is 14.8. The fraction of sp³-hybridized carbons (Fsp3) is 0.364. The molecule has 112 valence electrons. The first-order valence-corrected chi connectivity index (χ1v) is 8.68. The van der Waals surface area contributed by atoms with Crippen LogP contribution >= 0.6 is 31.9 Å².